The van der Waals surface area contributed by atoms with E-state index < -0.39 is 12.0 Å². The lowest BCUT2D eigenvalue weighted by Gasteiger charge is -2.02. The van der Waals surface area contributed by atoms with E-state index in [1.54, 1.807) is 0 Å². The zero-order chi connectivity index (χ0) is 13.3. The quantitative estimate of drug-likeness (QED) is 0.910. The van der Waals surface area contributed by atoms with Gasteiger partial charge >= 0.3 is 5.97 Å². The highest BCUT2D eigenvalue weighted by Gasteiger charge is 2.16. The van der Waals surface area contributed by atoms with Crippen LogP contribution in [0, 0.1) is 0 Å². The molecule has 18 heavy (non-hydrogen) atoms. The number of aryl methyl sites for hydroxylation is 1. The van der Waals surface area contributed by atoms with Gasteiger partial charge in [-0.15, -0.1) is 0 Å². The lowest BCUT2D eigenvalue weighted by atomic mass is 10.1. The van der Waals surface area contributed by atoms with Crippen LogP contribution in [0.4, 0.5) is 0 Å². The summed E-state index contributed by atoms with van der Waals surface area (Å²) in [7, 11) is 0. The Kier molecular flexibility index (Phi) is 3.73. The van der Waals surface area contributed by atoms with Crippen LogP contribution in [0.1, 0.15) is 18.2 Å². The van der Waals surface area contributed by atoms with Crippen molar-refractivity contribution in [2.45, 2.75) is 25.8 Å². The number of halogens is 1. The molecule has 1 heterocycles. The molecule has 1 unspecified atom stereocenters. The summed E-state index contributed by atoms with van der Waals surface area (Å²) in [6.45, 7) is 2.05. The van der Waals surface area contributed by atoms with E-state index in [1.165, 1.54) is 0 Å². The van der Waals surface area contributed by atoms with Crippen LogP contribution in [-0.2, 0) is 17.6 Å². The molecule has 0 amide bonds. The van der Waals surface area contributed by atoms with Crippen LogP contribution in [0.2, 0.25) is 0 Å². The van der Waals surface area contributed by atoms with E-state index in [0.717, 1.165) is 27.4 Å². The Labute approximate surface area is 113 Å². The molecule has 4 nitrogen and oxygen atoms in total. The van der Waals surface area contributed by atoms with Crippen LogP contribution < -0.4 is 5.73 Å². The van der Waals surface area contributed by atoms with Crippen molar-refractivity contribution in [2.75, 3.05) is 0 Å². The van der Waals surface area contributed by atoms with Gasteiger partial charge in [-0.1, -0.05) is 22.9 Å². The maximum Gasteiger partial charge on any atom is 0.320 e. The first-order valence-electron chi connectivity index (χ1n) is 5.70. The summed E-state index contributed by atoms with van der Waals surface area (Å²) in [5.74, 6) is -0.417. The Bertz CT molecular complexity index is 591. The zero-order valence-corrected chi connectivity index (χ0v) is 11.5. The third kappa shape index (κ3) is 2.57. The van der Waals surface area contributed by atoms with Gasteiger partial charge < -0.3 is 15.3 Å². The molecule has 96 valence electrons. The van der Waals surface area contributed by atoms with Crippen LogP contribution in [-0.4, -0.2) is 17.1 Å². The summed E-state index contributed by atoms with van der Waals surface area (Å²) >= 11 is 3.45. The molecule has 0 radical (unpaired) electrons. The van der Waals surface area contributed by atoms with Gasteiger partial charge in [-0.3, -0.25) is 4.79 Å². The molecule has 2 rings (SSSR count). The fourth-order valence-electron chi connectivity index (χ4n) is 1.91. The Hall–Kier alpha value is -1.33. The van der Waals surface area contributed by atoms with E-state index in [0.29, 0.717) is 5.76 Å². The van der Waals surface area contributed by atoms with Crippen molar-refractivity contribution in [3.8, 4) is 0 Å². The first-order chi connectivity index (χ1) is 8.51. The van der Waals surface area contributed by atoms with Gasteiger partial charge in [0.25, 0.3) is 0 Å². The first kappa shape index (κ1) is 13.1. The van der Waals surface area contributed by atoms with Crippen molar-refractivity contribution in [3.05, 3.63) is 34.0 Å². The summed E-state index contributed by atoms with van der Waals surface area (Å²) < 4.78 is 6.69. The van der Waals surface area contributed by atoms with Crippen LogP contribution in [0.25, 0.3) is 11.0 Å². The third-order valence-corrected chi connectivity index (χ3v) is 3.29. The number of hydrogen-bond acceptors (Lipinski definition) is 3. The Morgan fingerprint density at radius 2 is 2.22 bits per heavy atom. The average Bonchev–Trinajstić information content (AvgIpc) is 2.69. The lowest BCUT2D eigenvalue weighted by Crippen LogP contribution is -2.32. The second-order valence-corrected chi connectivity index (χ2v) is 5.11. The highest BCUT2D eigenvalue weighted by molar-refractivity contribution is 9.10. The largest absolute Gasteiger partial charge is 0.480 e. The maximum atomic E-state index is 10.7. The summed E-state index contributed by atoms with van der Waals surface area (Å²) in [4.78, 5) is 10.7. The molecule has 0 fully saturated rings. The number of aliphatic carboxylic acids is 1. The normalized spacial score (nSPS) is 12.8. The van der Waals surface area contributed by atoms with Gasteiger partial charge in [0, 0.05) is 16.3 Å². The molecule has 1 aromatic carbocycles. The van der Waals surface area contributed by atoms with E-state index in [-0.39, 0.29) is 6.42 Å². The summed E-state index contributed by atoms with van der Waals surface area (Å²) in [5, 5.41) is 9.76. The molecular formula is C13H14BrNO3. The van der Waals surface area contributed by atoms with Crippen LogP contribution in [0.15, 0.2) is 27.1 Å². The van der Waals surface area contributed by atoms with E-state index in [9.17, 15) is 4.79 Å². The van der Waals surface area contributed by atoms with Crippen LogP contribution in [0.3, 0.4) is 0 Å². The molecule has 5 heteroatoms. The molecule has 0 aliphatic carbocycles. The molecule has 3 N–H and O–H groups in total. The van der Waals surface area contributed by atoms with E-state index in [2.05, 4.69) is 15.9 Å². The zero-order valence-electron chi connectivity index (χ0n) is 9.94. The van der Waals surface area contributed by atoms with Gasteiger partial charge in [-0.05, 0) is 30.2 Å². The van der Waals surface area contributed by atoms with Crippen molar-refractivity contribution in [3.63, 3.8) is 0 Å². The van der Waals surface area contributed by atoms with Gasteiger partial charge in [0.05, 0.1) is 0 Å². The second kappa shape index (κ2) is 5.12. The fraction of sp³-hybridized carbons (Fsp3) is 0.308. The molecule has 1 aromatic heterocycles. The number of carboxylic acid groups (broad SMARTS) is 1. The summed E-state index contributed by atoms with van der Waals surface area (Å²) in [6, 6.07) is 4.88. The number of benzene rings is 1. The molecule has 1 atom stereocenters. The highest BCUT2D eigenvalue weighted by Crippen LogP contribution is 2.28. The third-order valence-electron chi connectivity index (χ3n) is 2.83. The molecule has 0 saturated carbocycles. The predicted octanol–water partition coefficient (Wildman–Crippen LogP) is 2.71. The molecule has 0 aliphatic rings. The number of carboxylic acids is 1. The summed E-state index contributed by atoms with van der Waals surface area (Å²) in [5.41, 5.74) is 7.41. The topological polar surface area (TPSA) is 76.5 Å². The van der Waals surface area contributed by atoms with Crippen LogP contribution in [0.5, 0.6) is 0 Å². The molecule has 0 bridgehead atoms. The summed E-state index contributed by atoms with van der Waals surface area (Å²) in [6.07, 6.45) is 1.05. The minimum Gasteiger partial charge on any atom is -0.480 e. The molecular weight excluding hydrogens is 298 g/mol. The van der Waals surface area contributed by atoms with Crippen molar-refractivity contribution >= 4 is 32.9 Å². The molecule has 2 aromatic rings. The number of hydrogen-bond donors (Lipinski definition) is 2. The number of carbonyl (C=O) groups is 1. The number of nitrogens with two attached hydrogens (primary N) is 1. The molecule has 0 saturated heterocycles. The minimum atomic E-state index is -1.02. The van der Waals surface area contributed by atoms with Crippen molar-refractivity contribution < 1.29 is 14.3 Å². The Morgan fingerprint density at radius 1 is 1.50 bits per heavy atom. The number of fused-ring (bicyclic) bond motifs is 1. The van der Waals surface area contributed by atoms with Gasteiger partial charge in [-0.25, -0.2) is 0 Å². The van der Waals surface area contributed by atoms with Gasteiger partial charge in [0.1, 0.15) is 17.4 Å². The van der Waals surface area contributed by atoms with Gasteiger partial charge in [0.2, 0.25) is 0 Å². The molecule has 0 aliphatic heterocycles. The lowest BCUT2D eigenvalue weighted by molar-refractivity contribution is -0.138. The fourth-order valence-corrected chi connectivity index (χ4v) is 2.43. The van der Waals surface area contributed by atoms with Crippen molar-refractivity contribution in [1.82, 2.24) is 0 Å². The van der Waals surface area contributed by atoms with Gasteiger partial charge in [0.15, 0.2) is 0 Å². The smallest absolute Gasteiger partial charge is 0.320 e. The van der Waals surface area contributed by atoms with Gasteiger partial charge in [-0.2, -0.15) is 0 Å². The van der Waals surface area contributed by atoms with Crippen molar-refractivity contribution in [1.29, 1.82) is 0 Å². The minimum absolute atomic E-state index is 0.199. The first-order valence-corrected chi connectivity index (χ1v) is 6.49. The Morgan fingerprint density at radius 3 is 2.83 bits per heavy atom. The number of rotatable bonds is 4. The monoisotopic (exact) mass is 311 g/mol. The average molecular weight is 312 g/mol. The second-order valence-electron chi connectivity index (χ2n) is 4.20. The van der Waals surface area contributed by atoms with Crippen molar-refractivity contribution in [2.24, 2.45) is 5.73 Å². The highest BCUT2D eigenvalue weighted by atomic mass is 79.9. The maximum absolute atomic E-state index is 10.7. The van der Waals surface area contributed by atoms with Crippen LogP contribution >= 0.6 is 15.9 Å². The predicted molar refractivity (Wildman–Crippen MR) is 72.6 cm³/mol. The van der Waals surface area contributed by atoms with E-state index in [1.807, 2.05) is 25.1 Å². The SMILES string of the molecule is CCc1cc(Br)cc2cc(CC(N)C(=O)O)oc12. The molecule has 0 spiro atoms. The van der Waals surface area contributed by atoms with E-state index >= 15 is 0 Å². The number of furan rings is 1. The standard InChI is InChI=1S/C13H14BrNO3/c1-2-7-3-9(14)4-8-5-10(18-12(7)8)6-11(15)13(16)17/h3-5,11H,2,6,15H2,1H3,(H,16,17). The Balaban J connectivity index is 2.40. The van der Waals surface area contributed by atoms with E-state index in [4.69, 9.17) is 15.3 Å².